The topological polar surface area (TPSA) is 38.8 Å². The van der Waals surface area contributed by atoms with Crippen molar-refractivity contribution in [2.75, 3.05) is 18.1 Å². The average molecular weight is 325 g/mol. The number of amides is 1. The quantitative estimate of drug-likeness (QED) is 0.838. The van der Waals surface area contributed by atoms with Gasteiger partial charge in [0, 0.05) is 11.7 Å². The molecule has 1 aliphatic rings. The maximum absolute atomic E-state index is 12.8. The summed E-state index contributed by atoms with van der Waals surface area (Å²) in [5.74, 6) is 1.24. The lowest BCUT2D eigenvalue weighted by atomic mass is 9.96. The number of aryl methyl sites for hydroxylation is 1. The van der Waals surface area contributed by atoms with Crippen LogP contribution >= 0.6 is 0 Å². The molecule has 0 N–H and O–H groups in total. The molecule has 0 saturated heterocycles. The molecular formula is C20H23NO3. The molecule has 0 aromatic heterocycles. The van der Waals surface area contributed by atoms with Gasteiger partial charge in [0.2, 0.25) is 0 Å². The highest BCUT2D eigenvalue weighted by molar-refractivity contribution is 5.96. The van der Waals surface area contributed by atoms with E-state index in [9.17, 15) is 4.79 Å². The predicted octanol–water partition coefficient (Wildman–Crippen LogP) is 3.83. The van der Waals surface area contributed by atoms with Crippen molar-refractivity contribution in [2.24, 2.45) is 0 Å². The van der Waals surface area contributed by atoms with Gasteiger partial charge in [-0.1, -0.05) is 30.3 Å². The Morgan fingerprint density at radius 3 is 2.50 bits per heavy atom. The van der Waals surface area contributed by atoms with E-state index in [1.807, 2.05) is 54.3 Å². The van der Waals surface area contributed by atoms with Gasteiger partial charge in [0.1, 0.15) is 0 Å². The van der Waals surface area contributed by atoms with E-state index in [2.05, 4.69) is 13.0 Å². The fraction of sp³-hybridized carbons (Fsp3) is 0.350. The number of fused-ring (bicyclic) bond motifs is 1. The molecule has 126 valence electrons. The smallest absolute Gasteiger partial charge is 0.265 e. The maximum atomic E-state index is 12.8. The summed E-state index contributed by atoms with van der Waals surface area (Å²) in [5.41, 5.74) is 2.22. The minimum atomic E-state index is -0.0269. The third-order valence-corrected chi connectivity index (χ3v) is 4.29. The van der Waals surface area contributed by atoms with Crippen molar-refractivity contribution < 1.29 is 14.3 Å². The van der Waals surface area contributed by atoms with Gasteiger partial charge in [0.25, 0.3) is 5.91 Å². The predicted molar refractivity (Wildman–Crippen MR) is 94.8 cm³/mol. The Labute approximate surface area is 143 Å². The Kier molecular flexibility index (Phi) is 5.04. The first kappa shape index (κ1) is 16.4. The van der Waals surface area contributed by atoms with Crippen molar-refractivity contribution in [3.8, 4) is 11.5 Å². The lowest BCUT2D eigenvalue weighted by molar-refractivity contribution is -0.121. The van der Waals surface area contributed by atoms with Crippen molar-refractivity contribution in [3.63, 3.8) is 0 Å². The Morgan fingerprint density at radius 1 is 1.08 bits per heavy atom. The van der Waals surface area contributed by atoms with Gasteiger partial charge in [0.15, 0.2) is 18.1 Å². The zero-order valence-corrected chi connectivity index (χ0v) is 14.2. The maximum Gasteiger partial charge on any atom is 0.265 e. The normalized spacial score (nSPS) is 16.4. The van der Waals surface area contributed by atoms with Crippen LogP contribution in [-0.4, -0.2) is 25.2 Å². The van der Waals surface area contributed by atoms with Crippen LogP contribution in [0.15, 0.2) is 48.5 Å². The van der Waals surface area contributed by atoms with E-state index in [-0.39, 0.29) is 18.6 Å². The molecule has 0 fully saturated rings. The van der Waals surface area contributed by atoms with E-state index in [0.29, 0.717) is 18.1 Å². The van der Waals surface area contributed by atoms with E-state index >= 15 is 0 Å². The highest BCUT2D eigenvalue weighted by Gasteiger charge is 2.28. The average Bonchev–Trinajstić information content (AvgIpc) is 2.61. The van der Waals surface area contributed by atoms with Crippen LogP contribution in [0.25, 0.3) is 0 Å². The van der Waals surface area contributed by atoms with E-state index in [0.717, 1.165) is 18.5 Å². The molecule has 1 atom stereocenters. The van der Waals surface area contributed by atoms with Gasteiger partial charge in [-0.25, -0.2) is 0 Å². The largest absolute Gasteiger partial charge is 0.490 e. The Hall–Kier alpha value is -2.49. The number of hydrogen-bond acceptors (Lipinski definition) is 3. The molecule has 0 radical (unpaired) electrons. The summed E-state index contributed by atoms with van der Waals surface area (Å²) in [5, 5.41) is 0. The van der Waals surface area contributed by atoms with Gasteiger partial charge >= 0.3 is 0 Å². The number of carbonyl (C=O) groups is 1. The third kappa shape index (κ3) is 3.37. The standard InChI is InChI=1S/C20H23NO3/c1-3-23-18-10-6-7-11-19(18)24-14-20(22)21-15(2)12-13-16-8-4-5-9-17(16)21/h4-11,15H,3,12-14H2,1-2H3. The summed E-state index contributed by atoms with van der Waals surface area (Å²) in [7, 11) is 0. The summed E-state index contributed by atoms with van der Waals surface area (Å²) >= 11 is 0. The van der Waals surface area contributed by atoms with Gasteiger partial charge in [0.05, 0.1) is 6.61 Å². The molecule has 3 rings (SSSR count). The number of anilines is 1. The lowest BCUT2D eigenvalue weighted by Crippen LogP contribution is -2.44. The van der Waals surface area contributed by atoms with Crippen LogP contribution in [0.5, 0.6) is 11.5 Å². The molecule has 1 unspecified atom stereocenters. The second kappa shape index (κ2) is 7.39. The van der Waals surface area contributed by atoms with Crippen LogP contribution < -0.4 is 14.4 Å². The number of para-hydroxylation sites is 3. The van der Waals surface area contributed by atoms with Crippen LogP contribution in [0.1, 0.15) is 25.8 Å². The fourth-order valence-electron chi connectivity index (χ4n) is 3.12. The molecule has 1 heterocycles. The lowest BCUT2D eigenvalue weighted by Gasteiger charge is -2.35. The van der Waals surface area contributed by atoms with E-state index in [1.54, 1.807) is 0 Å². The Balaban J connectivity index is 1.74. The van der Waals surface area contributed by atoms with Crippen LogP contribution in [0.3, 0.4) is 0 Å². The molecule has 2 aromatic rings. The summed E-state index contributed by atoms with van der Waals surface area (Å²) in [6.07, 6.45) is 1.98. The molecule has 1 aliphatic heterocycles. The van der Waals surface area contributed by atoms with E-state index in [4.69, 9.17) is 9.47 Å². The summed E-state index contributed by atoms with van der Waals surface area (Å²) in [6, 6.07) is 15.7. The highest BCUT2D eigenvalue weighted by Crippen LogP contribution is 2.31. The zero-order chi connectivity index (χ0) is 16.9. The summed E-state index contributed by atoms with van der Waals surface area (Å²) in [6.45, 7) is 4.57. The van der Waals surface area contributed by atoms with E-state index < -0.39 is 0 Å². The number of carbonyl (C=O) groups excluding carboxylic acids is 1. The second-order valence-corrected chi connectivity index (χ2v) is 5.95. The Morgan fingerprint density at radius 2 is 1.75 bits per heavy atom. The molecule has 0 spiro atoms. The number of hydrogen-bond donors (Lipinski definition) is 0. The SMILES string of the molecule is CCOc1ccccc1OCC(=O)N1c2ccccc2CCC1C. The summed E-state index contributed by atoms with van der Waals surface area (Å²) in [4.78, 5) is 14.6. The first-order valence-electron chi connectivity index (χ1n) is 8.45. The second-order valence-electron chi connectivity index (χ2n) is 5.95. The first-order chi connectivity index (χ1) is 11.7. The van der Waals surface area contributed by atoms with Gasteiger partial charge in [-0.15, -0.1) is 0 Å². The highest BCUT2D eigenvalue weighted by atomic mass is 16.5. The van der Waals surface area contributed by atoms with Gasteiger partial charge in [-0.3, -0.25) is 4.79 Å². The van der Waals surface area contributed by atoms with E-state index in [1.165, 1.54) is 5.56 Å². The minimum absolute atomic E-state index is 0.00274. The van der Waals surface area contributed by atoms with Gasteiger partial charge < -0.3 is 14.4 Å². The molecule has 2 aromatic carbocycles. The first-order valence-corrected chi connectivity index (χ1v) is 8.45. The summed E-state index contributed by atoms with van der Waals surface area (Å²) < 4.78 is 11.3. The molecule has 4 heteroatoms. The van der Waals surface area contributed by atoms with Crippen molar-refractivity contribution >= 4 is 11.6 Å². The zero-order valence-electron chi connectivity index (χ0n) is 14.2. The number of rotatable bonds is 5. The molecule has 0 aliphatic carbocycles. The van der Waals surface area contributed by atoms with Crippen LogP contribution in [0.2, 0.25) is 0 Å². The van der Waals surface area contributed by atoms with Crippen molar-refractivity contribution in [1.29, 1.82) is 0 Å². The Bertz CT molecular complexity index is 714. The molecule has 0 bridgehead atoms. The van der Waals surface area contributed by atoms with Crippen LogP contribution in [0.4, 0.5) is 5.69 Å². The molecular weight excluding hydrogens is 302 g/mol. The number of benzene rings is 2. The number of ether oxygens (including phenoxy) is 2. The molecule has 1 amide bonds. The van der Waals surface area contributed by atoms with Gasteiger partial charge in [-0.2, -0.15) is 0 Å². The monoisotopic (exact) mass is 325 g/mol. The van der Waals surface area contributed by atoms with Crippen molar-refractivity contribution in [2.45, 2.75) is 32.7 Å². The molecule has 0 saturated carbocycles. The van der Waals surface area contributed by atoms with Crippen LogP contribution in [0, 0.1) is 0 Å². The molecule has 24 heavy (non-hydrogen) atoms. The van der Waals surface area contributed by atoms with Crippen LogP contribution in [-0.2, 0) is 11.2 Å². The third-order valence-electron chi connectivity index (χ3n) is 4.29. The molecule has 4 nitrogen and oxygen atoms in total. The van der Waals surface area contributed by atoms with Crippen molar-refractivity contribution in [1.82, 2.24) is 0 Å². The minimum Gasteiger partial charge on any atom is -0.490 e. The van der Waals surface area contributed by atoms with Crippen molar-refractivity contribution in [3.05, 3.63) is 54.1 Å². The number of nitrogens with zero attached hydrogens (tertiary/aromatic N) is 1. The van der Waals surface area contributed by atoms with Gasteiger partial charge in [-0.05, 0) is 50.5 Å². The fourth-order valence-corrected chi connectivity index (χ4v) is 3.12.